The van der Waals surface area contributed by atoms with Gasteiger partial charge in [0.1, 0.15) is 6.10 Å². The van der Waals surface area contributed by atoms with E-state index in [9.17, 15) is 9.59 Å². The molecule has 2 aromatic rings. The summed E-state index contributed by atoms with van der Waals surface area (Å²) in [7, 11) is 0. The van der Waals surface area contributed by atoms with Crippen molar-refractivity contribution < 1.29 is 14.3 Å². The van der Waals surface area contributed by atoms with Gasteiger partial charge in [0.15, 0.2) is 5.13 Å². The van der Waals surface area contributed by atoms with Crippen LogP contribution in [0.25, 0.3) is 0 Å². The first-order valence-corrected chi connectivity index (χ1v) is 9.11. The summed E-state index contributed by atoms with van der Waals surface area (Å²) in [5.41, 5.74) is 6.91. The van der Waals surface area contributed by atoms with Crippen molar-refractivity contribution in [3.05, 3.63) is 41.6 Å². The molecule has 1 heterocycles. The molecule has 0 saturated carbocycles. The second-order valence-electron chi connectivity index (χ2n) is 5.07. The van der Waals surface area contributed by atoms with E-state index in [1.165, 1.54) is 23.1 Å². The Labute approximate surface area is 148 Å². The number of ether oxygens (including phenoxy) is 1. The van der Waals surface area contributed by atoms with Crippen LogP contribution in [0.5, 0.6) is 0 Å². The molecule has 0 radical (unpaired) electrons. The molecule has 0 fully saturated rings. The number of amides is 2. The third kappa shape index (κ3) is 5.63. The molecule has 2 amide bonds. The van der Waals surface area contributed by atoms with Crippen molar-refractivity contribution in [1.29, 1.82) is 0 Å². The Morgan fingerprint density at radius 3 is 2.75 bits per heavy atom. The fourth-order valence-electron chi connectivity index (χ4n) is 1.78. The average Bonchev–Trinajstić information content (AvgIpc) is 2.91. The van der Waals surface area contributed by atoms with Crippen LogP contribution in [0.2, 0.25) is 0 Å². The number of hydrogen-bond donors (Lipinski definition) is 2. The van der Waals surface area contributed by atoms with Crippen LogP contribution >= 0.6 is 23.1 Å². The number of nitrogens with zero attached hydrogens (tertiary/aromatic N) is 1. The van der Waals surface area contributed by atoms with Crippen molar-refractivity contribution in [2.45, 2.75) is 30.8 Å². The molecule has 0 bridgehead atoms. The molecule has 1 unspecified atom stereocenters. The van der Waals surface area contributed by atoms with Gasteiger partial charge in [-0.25, -0.2) is 4.98 Å². The molecular formula is C16H19N3O3S2. The molecule has 0 aliphatic carbocycles. The van der Waals surface area contributed by atoms with Crippen molar-refractivity contribution in [3.8, 4) is 0 Å². The van der Waals surface area contributed by atoms with Gasteiger partial charge in [-0.1, -0.05) is 41.7 Å². The van der Waals surface area contributed by atoms with E-state index in [0.29, 0.717) is 11.7 Å². The Morgan fingerprint density at radius 2 is 2.08 bits per heavy atom. The van der Waals surface area contributed by atoms with Gasteiger partial charge in [-0.3, -0.25) is 14.9 Å². The van der Waals surface area contributed by atoms with Gasteiger partial charge in [0.2, 0.25) is 5.91 Å². The molecule has 128 valence electrons. The smallest absolute Gasteiger partial charge is 0.255 e. The molecule has 6 nitrogen and oxygen atoms in total. The van der Waals surface area contributed by atoms with E-state index < -0.39 is 6.10 Å². The van der Waals surface area contributed by atoms with Crippen LogP contribution in [0.4, 0.5) is 5.13 Å². The summed E-state index contributed by atoms with van der Waals surface area (Å²) in [5.74, 6) is -0.458. The topological polar surface area (TPSA) is 94.3 Å². The maximum absolute atomic E-state index is 12.2. The van der Waals surface area contributed by atoms with Gasteiger partial charge in [0.05, 0.1) is 22.3 Å². The lowest BCUT2D eigenvalue weighted by Gasteiger charge is -2.12. The van der Waals surface area contributed by atoms with Crippen LogP contribution < -0.4 is 11.1 Å². The Bertz CT molecular complexity index is 704. The van der Waals surface area contributed by atoms with Crippen LogP contribution in [-0.4, -0.2) is 28.7 Å². The quantitative estimate of drug-likeness (QED) is 0.701. The number of thiazole rings is 1. The van der Waals surface area contributed by atoms with Crippen molar-refractivity contribution in [3.63, 3.8) is 0 Å². The first kappa shape index (κ1) is 18.4. The molecule has 0 aliphatic rings. The molecular weight excluding hydrogens is 346 g/mol. The Balaban J connectivity index is 1.87. The molecule has 1 atom stereocenters. The van der Waals surface area contributed by atoms with Crippen LogP contribution in [-0.2, 0) is 20.9 Å². The first-order chi connectivity index (χ1) is 11.5. The number of carbonyl (C=O) groups is 2. The van der Waals surface area contributed by atoms with Crippen molar-refractivity contribution in [2.24, 2.45) is 5.73 Å². The van der Waals surface area contributed by atoms with E-state index in [1.807, 2.05) is 37.3 Å². The third-order valence-electron chi connectivity index (χ3n) is 3.04. The highest BCUT2D eigenvalue weighted by molar-refractivity contribution is 8.01. The number of benzene rings is 1. The van der Waals surface area contributed by atoms with Gasteiger partial charge in [0, 0.05) is 0 Å². The molecule has 1 aromatic carbocycles. The van der Waals surface area contributed by atoms with Gasteiger partial charge in [-0.2, -0.15) is 0 Å². The molecule has 24 heavy (non-hydrogen) atoms. The summed E-state index contributed by atoms with van der Waals surface area (Å²) >= 11 is 2.64. The average molecular weight is 365 g/mol. The molecule has 8 heteroatoms. The number of aryl methyl sites for hydroxylation is 1. The van der Waals surface area contributed by atoms with E-state index in [0.717, 1.165) is 15.5 Å². The summed E-state index contributed by atoms with van der Waals surface area (Å²) in [6, 6.07) is 9.66. The number of primary amides is 1. The van der Waals surface area contributed by atoms with Gasteiger partial charge >= 0.3 is 0 Å². The van der Waals surface area contributed by atoms with Crippen LogP contribution in [0.1, 0.15) is 18.2 Å². The lowest BCUT2D eigenvalue weighted by Crippen LogP contribution is -2.27. The van der Waals surface area contributed by atoms with Crippen molar-refractivity contribution >= 4 is 40.0 Å². The first-order valence-electron chi connectivity index (χ1n) is 7.30. The van der Waals surface area contributed by atoms with E-state index in [4.69, 9.17) is 10.5 Å². The summed E-state index contributed by atoms with van der Waals surface area (Å²) in [5, 5.41) is 3.23. The molecule has 1 aromatic heterocycles. The van der Waals surface area contributed by atoms with Crippen LogP contribution in [0.15, 0.2) is 34.5 Å². The summed E-state index contributed by atoms with van der Waals surface area (Å²) in [6.07, 6.45) is -0.601. The second kappa shape index (κ2) is 8.81. The minimum absolute atomic E-state index is 0.188. The minimum Gasteiger partial charge on any atom is -0.369 e. The highest BCUT2D eigenvalue weighted by atomic mass is 32.2. The maximum atomic E-state index is 12.2. The standard InChI is InChI=1S/C16H19N3O3S2/c1-10-15(23-9-13(17)20)24-16(18-10)19-14(21)11(2)22-8-12-6-4-3-5-7-12/h3-7,11H,8-9H2,1-2H3,(H2,17,20)(H,18,19,21). The lowest BCUT2D eigenvalue weighted by molar-refractivity contribution is -0.127. The minimum atomic E-state index is -0.601. The SMILES string of the molecule is Cc1nc(NC(=O)C(C)OCc2ccccc2)sc1SCC(N)=O. The van der Waals surface area contributed by atoms with E-state index in [1.54, 1.807) is 6.92 Å². The summed E-state index contributed by atoms with van der Waals surface area (Å²) in [4.78, 5) is 27.3. The van der Waals surface area contributed by atoms with Gasteiger partial charge < -0.3 is 10.5 Å². The second-order valence-corrected chi connectivity index (χ2v) is 7.32. The molecule has 0 aliphatic heterocycles. The Hall–Kier alpha value is -1.90. The molecule has 0 saturated heterocycles. The number of nitrogens with one attached hydrogen (secondary N) is 1. The van der Waals surface area contributed by atoms with E-state index >= 15 is 0 Å². The number of anilines is 1. The fraction of sp³-hybridized carbons (Fsp3) is 0.312. The number of carbonyl (C=O) groups excluding carboxylic acids is 2. The third-order valence-corrected chi connectivity index (χ3v) is 5.50. The summed E-state index contributed by atoms with van der Waals surface area (Å²) < 4.78 is 6.44. The zero-order valence-electron chi connectivity index (χ0n) is 13.4. The molecule has 2 rings (SSSR count). The zero-order chi connectivity index (χ0) is 17.5. The fourth-order valence-corrected chi connectivity index (χ4v) is 3.66. The Morgan fingerprint density at radius 1 is 1.38 bits per heavy atom. The lowest BCUT2D eigenvalue weighted by atomic mass is 10.2. The summed E-state index contributed by atoms with van der Waals surface area (Å²) in [6.45, 7) is 3.89. The highest BCUT2D eigenvalue weighted by Crippen LogP contribution is 2.31. The van der Waals surface area contributed by atoms with E-state index in [2.05, 4.69) is 10.3 Å². The zero-order valence-corrected chi connectivity index (χ0v) is 15.1. The number of hydrogen-bond acceptors (Lipinski definition) is 6. The van der Waals surface area contributed by atoms with Crippen LogP contribution in [0, 0.1) is 6.92 Å². The van der Waals surface area contributed by atoms with Gasteiger partial charge in [0.25, 0.3) is 5.91 Å². The predicted molar refractivity (Wildman–Crippen MR) is 96.1 cm³/mol. The van der Waals surface area contributed by atoms with Crippen molar-refractivity contribution in [2.75, 3.05) is 11.1 Å². The monoisotopic (exact) mass is 365 g/mol. The van der Waals surface area contributed by atoms with Gasteiger partial charge in [-0.15, -0.1) is 11.8 Å². The molecule has 0 spiro atoms. The number of rotatable bonds is 8. The number of thioether (sulfide) groups is 1. The van der Waals surface area contributed by atoms with Crippen LogP contribution in [0.3, 0.4) is 0 Å². The number of nitrogens with two attached hydrogens (primary N) is 1. The van der Waals surface area contributed by atoms with E-state index in [-0.39, 0.29) is 17.6 Å². The molecule has 3 N–H and O–H groups in total. The number of aromatic nitrogens is 1. The van der Waals surface area contributed by atoms with Crippen molar-refractivity contribution in [1.82, 2.24) is 4.98 Å². The highest BCUT2D eigenvalue weighted by Gasteiger charge is 2.17. The largest absolute Gasteiger partial charge is 0.369 e. The normalized spacial score (nSPS) is 11.9. The Kier molecular flexibility index (Phi) is 6.77. The van der Waals surface area contributed by atoms with Gasteiger partial charge in [-0.05, 0) is 19.4 Å². The maximum Gasteiger partial charge on any atom is 0.255 e. The predicted octanol–water partition coefficient (Wildman–Crippen LogP) is 2.57.